The van der Waals surface area contributed by atoms with Crippen LogP contribution in [0.3, 0.4) is 0 Å². The number of rotatable bonds is 7. The number of carboxylic acid groups (broad SMARTS) is 1. The largest absolute Gasteiger partial charge is 0.481 e. The lowest BCUT2D eigenvalue weighted by atomic mass is 10.0. The van der Waals surface area contributed by atoms with Gasteiger partial charge in [0.1, 0.15) is 6.04 Å². The van der Waals surface area contributed by atoms with Crippen LogP contribution < -0.4 is 5.32 Å². The zero-order chi connectivity index (χ0) is 19.1. The maximum atomic E-state index is 12.9. The topological polar surface area (TPSA) is 95.9 Å². The Labute approximate surface area is 153 Å². The van der Waals surface area contributed by atoms with Crippen molar-refractivity contribution in [3.8, 4) is 0 Å². The molecule has 2 amide bonds. The molecule has 1 aromatic rings. The molecule has 2 rings (SSSR count). The third-order valence-electron chi connectivity index (χ3n) is 4.31. The molecule has 0 bridgehead atoms. The summed E-state index contributed by atoms with van der Waals surface area (Å²) in [5.74, 6) is -1.44. The number of carbonyl (C=O) groups is 3. The molecule has 0 saturated carbocycles. The van der Waals surface area contributed by atoms with Gasteiger partial charge in [0.2, 0.25) is 11.8 Å². The molecule has 2 atom stereocenters. The maximum Gasteiger partial charge on any atom is 0.306 e. The highest BCUT2D eigenvalue weighted by atomic mass is 16.5. The van der Waals surface area contributed by atoms with Gasteiger partial charge in [-0.3, -0.25) is 14.4 Å². The van der Waals surface area contributed by atoms with Crippen LogP contribution in [0.2, 0.25) is 0 Å². The highest BCUT2D eigenvalue weighted by molar-refractivity contribution is 5.88. The van der Waals surface area contributed by atoms with Gasteiger partial charge < -0.3 is 20.1 Å². The van der Waals surface area contributed by atoms with Gasteiger partial charge in [-0.1, -0.05) is 44.2 Å². The van der Waals surface area contributed by atoms with Crippen molar-refractivity contribution in [1.29, 1.82) is 0 Å². The monoisotopic (exact) mass is 362 g/mol. The van der Waals surface area contributed by atoms with Crippen LogP contribution in [-0.4, -0.2) is 59.6 Å². The third-order valence-corrected chi connectivity index (χ3v) is 4.31. The van der Waals surface area contributed by atoms with Gasteiger partial charge >= 0.3 is 5.97 Å². The Balaban J connectivity index is 1.98. The van der Waals surface area contributed by atoms with E-state index in [1.807, 2.05) is 44.2 Å². The molecular weight excluding hydrogens is 336 g/mol. The Kier molecular flexibility index (Phi) is 7.15. The van der Waals surface area contributed by atoms with Gasteiger partial charge in [0.05, 0.1) is 25.6 Å². The van der Waals surface area contributed by atoms with Crippen LogP contribution in [0.4, 0.5) is 0 Å². The number of nitrogens with zero attached hydrogens (tertiary/aromatic N) is 1. The molecule has 142 valence electrons. The number of benzene rings is 1. The first-order valence-corrected chi connectivity index (χ1v) is 8.82. The summed E-state index contributed by atoms with van der Waals surface area (Å²) in [5, 5.41) is 11.7. The Bertz CT molecular complexity index is 632. The van der Waals surface area contributed by atoms with E-state index in [9.17, 15) is 14.4 Å². The molecular formula is C19H26N2O5. The summed E-state index contributed by atoms with van der Waals surface area (Å²) in [6.45, 7) is 4.67. The predicted octanol–water partition coefficient (Wildman–Crippen LogP) is 1.07. The van der Waals surface area contributed by atoms with Crippen molar-refractivity contribution >= 4 is 17.8 Å². The molecule has 1 aliphatic heterocycles. The van der Waals surface area contributed by atoms with Crippen LogP contribution in [0.5, 0.6) is 0 Å². The van der Waals surface area contributed by atoms with Crippen molar-refractivity contribution in [1.82, 2.24) is 10.2 Å². The van der Waals surface area contributed by atoms with Gasteiger partial charge in [-0.25, -0.2) is 0 Å². The first-order valence-electron chi connectivity index (χ1n) is 8.82. The highest BCUT2D eigenvalue weighted by Gasteiger charge is 2.32. The quantitative estimate of drug-likeness (QED) is 0.756. The summed E-state index contributed by atoms with van der Waals surface area (Å²) in [6, 6.07) is 8.70. The molecule has 1 heterocycles. The molecule has 1 fully saturated rings. The summed E-state index contributed by atoms with van der Waals surface area (Å²) in [4.78, 5) is 37.7. The SMILES string of the molecule is CC(C)C(NC(=O)Cc1ccccc1)C(=O)N1CCOC(CC(=O)O)C1. The summed E-state index contributed by atoms with van der Waals surface area (Å²) in [6.07, 6.45) is -0.448. The Morgan fingerprint density at radius 2 is 1.96 bits per heavy atom. The lowest BCUT2D eigenvalue weighted by Gasteiger charge is -2.35. The van der Waals surface area contributed by atoms with E-state index in [1.54, 1.807) is 4.90 Å². The highest BCUT2D eigenvalue weighted by Crippen LogP contribution is 2.13. The minimum Gasteiger partial charge on any atom is -0.481 e. The number of ether oxygens (including phenoxy) is 1. The lowest BCUT2D eigenvalue weighted by molar-refractivity contribution is -0.149. The zero-order valence-corrected chi connectivity index (χ0v) is 15.2. The fourth-order valence-electron chi connectivity index (χ4n) is 2.95. The Morgan fingerprint density at radius 1 is 1.27 bits per heavy atom. The van der Waals surface area contributed by atoms with E-state index in [2.05, 4.69) is 5.32 Å². The number of hydrogen-bond donors (Lipinski definition) is 2. The summed E-state index contributed by atoms with van der Waals surface area (Å²) < 4.78 is 5.41. The molecule has 1 aromatic carbocycles. The van der Waals surface area contributed by atoms with Gasteiger partial charge in [0.25, 0.3) is 0 Å². The summed E-state index contributed by atoms with van der Waals surface area (Å²) in [7, 11) is 0. The first-order chi connectivity index (χ1) is 12.4. The van der Waals surface area contributed by atoms with Crippen molar-refractivity contribution in [2.75, 3.05) is 19.7 Å². The molecule has 7 heteroatoms. The van der Waals surface area contributed by atoms with E-state index in [0.717, 1.165) is 5.56 Å². The second-order valence-electron chi connectivity index (χ2n) is 6.83. The normalized spacial score (nSPS) is 18.4. The number of carboxylic acids is 1. The second-order valence-corrected chi connectivity index (χ2v) is 6.83. The van der Waals surface area contributed by atoms with Crippen LogP contribution in [0.15, 0.2) is 30.3 Å². The minimum absolute atomic E-state index is 0.0806. The molecule has 26 heavy (non-hydrogen) atoms. The first kappa shape index (κ1) is 19.9. The molecule has 0 spiro atoms. The zero-order valence-electron chi connectivity index (χ0n) is 15.2. The fourth-order valence-corrected chi connectivity index (χ4v) is 2.95. The van der Waals surface area contributed by atoms with Crippen molar-refractivity contribution in [3.05, 3.63) is 35.9 Å². The van der Waals surface area contributed by atoms with Crippen LogP contribution >= 0.6 is 0 Å². The smallest absolute Gasteiger partial charge is 0.306 e. The fraction of sp³-hybridized carbons (Fsp3) is 0.526. The molecule has 0 aliphatic carbocycles. The number of aliphatic carboxylic acids is 1. The summed E-state index contributed by atoms with van der Waals surface area (Å²) >= 11 is 0. The van der Waals surface area contributed by atoms with Crippen LogP contribution in [0, 0.1) is 5.92 Å². The average molecular weight is 362 g/mol. The van der Waals surface area contributed by atoms with Gasteiger partial charge in [0.15, 0.2) is 0 Å². The molecule has 7 nitrogen and oxygen atoms in total. The number of carbonyl (C=O) groups excluding carboxylic acids is 2. The van der Waals surface area contributed by atoms with Gasteiger partial charge in [-0.05, 0) is 11.5 Å². The second kappa shape index (κ2) is 9.33. The van der Waals surface area contributed by atoms with Gasteiger partial charge in [-0.2, -0.15) is 0 Å². The minimum atomic E-state index is -0.958. The van der Waals surface area contributed by atoms with Crippen LogP contribution in [-0.2, 0) is 25.5 Å². The van der Waals surface area contributed by atoms with Crippen molar-refractivity contribution in [2.45, 2.75) is 38.8 Å². The molecule has 0 aromatic heterocycles. The number of amides is 2. The van der Waals surface area contributed by atoms with E-state index < -0.39 is 18.1 Å². The van der Waals surface area contributed by atoms with Crippen molar-refractivity contribution < 1.29 is 24.2 Å². The molecule has 2 unspecified atom stereocenters. The van der Waals surface area contributed by atoms with Crippen LogP contribution in [0.25, 0.3) is 0 Å². The summed E-state index contributed by atoms with van der Waals surface area (Å²) in [5.41, 5.74) is 0.882. The Hall–Kier alpha value is -2.41. The molecule has 1 saturated heterocycles. The van der Waals surface area contributed by atoms with Crippen LogP contribution in [0.1, 0.15) is 25.8 Å². The van der Waals surface area contributed by atoms with E-state index in [0.29, 0.717) is 13.2 Å². The number of morpholine rings is 1. The number of nitrogens with one attached hydrogen (secondary N) is 1. The lowest BCUT2D eigenvalue weighted by Crippen LogP contribution is -2.55. The molecule has 2 N–H and O–H groups in total. The van der Waals surface area contributed by atoms with E-state index in [1.165, 1.54) is 0 Å². The molecule has 0 radical (unpaired) electrons. The third kappa shape index (κ3) is 5.84. The standard InChI is InChI=1S/C19H26N2O5/c1-13(2)18(20-16(22)10-14-6-4-3-5-7-14)19(25)21-8-9-26-15(12-21)11-17(23)24/h3-7,13,15,18H,8-12H2,1-2H3,(H,20,22)(H,23,24). The number of hydrogen-bond acceptors (Lipinski definition) is 4. The van der Waals surface area contributed by atoms with E-state index in [4.69, 9.17) is 9.84 Å². The van der Waals surface area contributed by atoms with Gasteiger partial charge in [-0.15, -0.1) is 0 Å². The van der Waals surface area contributed by atoms with Gasteiger partial charge in [0, 0.05) is 13.1 Å². The maximum absolute atomic E-state index is 12.9. The van der Waals surface area contributed by atoms with E-state index in [-0.39, 0.29) is 37.1 Å². The van der Waals surface area contributed by atoms with E-state index >= 15 is 0 Å². The predicted molar refractivity (Wildman–Crippen MR) is 95.5 cm³/mol. The Morgan fingerprint density at radius 3 is 2.58 bits per heavy atom. The average Bonchev–Trinajstić information content (AvgIpc) is 2.59. The van der Waals surface area contributed by atoms with Crippen molar-refractivity contribution in [2.24, 2.45) is 5.92 Å². The van der Waals surface area contributed by atoms with Crippen molar-refractivity contribution in [3.63, 3.8) is 0 Å². The molecule has 1 aliphatic rings.